The number of fused-ring (bicyclic) bond motifs is 8. The molecule has 10 rings (SSSR count). The number of anilines is 3. The van der Waals surface area contributed by atoms with Crippen LogP contribution >= 0.6 is 0 Å². The zero-order valence-corrected chi connectivity index (χ0v) is 26.0. The number of hydrogen-bond donors (Lipinski definition) is 0. The number of benzene rings is 8. The molecule has 0 bridgehead atoms. The molecule has 8 aromatic carbocycles. The van der Waals surface area contributed by atoms with Gasteiger partial charge < -0.3 is 14.4 Å². The molecule has 0 saturated carbocycles. The van der Waals surface area contributed by atoms with Gasteiger partial charge in [0.05, 0.1) is 5.69 Å². The molecule has 0 spiro atoms. The molecule has 2 aliphatic heterocycles. The molecule has 8 aromatic rings. The third kappa shape index (κ3) is 4.03. The minimum Gasteiger partial charge on any atom is -0.458 e. The Morgan fingerprint density at radius 2 is 0.854 bits per heavy atom. The van der Waals surface area contributed by atoms with Crippen molar-refractivity contribution in [1.29, 1.82) is 0 Å². The molecule has 0 radical (unpaired) electrons. The molecule has 0 unspecified atom stereocenters. The minimum absolute atomic E-state index is 0.0840. The quantitative estimate of drug-likeness (QED) is 0.185. The Balaban J connectivity index is 1.28. The van der Waals surface area contributed by atoms with Crippen LogP contribution in [-0.4, -0.2) is 6.71 Å². The fourth-order valence-corrected chi connectivity index (χ4v) is 7.77. The van der Waals surface area contributed by atoms with Gasteiger partial charge >= 0.3 is 0 Å². The second-order valence-electron chi connectivity index (χ2n) is 12.4. The van der Waals surface area contributed by atoms with Crippen LogP contribution in [0.15, 0.2) is 170 Å². The normalized spacial score (nSPS) is 12.5. The first kappa shape index (κ1) is 26.9. The van der Waals surface area contributed by atoms with Crippen LogP contribution in [-0.2, 0) is 0 Å². The molecular weight excluding hydrogens is 585 g/mol. The standard InChI is InChI=1S/C44H28BNO2/c1-4-15-29(16-5-1)36-27-40-42(34-23-12-10-21-32(34)36)45-43-35-24-13-11-22-33(35)37(28-41(43)48-39-26-14-25-38(47-40)44(39)45)46(30-17-6-2-7-18-30)31-19-8-3-9-20-31/h1-28H. The minimum atomic E-state index is -0.0840. The van der Waals surface area contributed by atoms with Crippen molar-refractivity contribution in [3.63, 3.8) is 0 Å². The van der Waals surface area contributed by atoms with E-state index in [2.05, 4.69) is 169 Å². The largest absolute Gasteiger partial charge is 0.458 e. The van der Waals surface area contributed by atoms with Crippen LogP contribution in [0.1, 0.15) is 0 Å². The molecule has 2 aliphatic rings. The first-order chi connectivity index (χ1) is 23.8. The van der Waals surface area contributed by atoms with E-state index in [4.69, 9.17) is 9.47 Å². The van der Waals surface area contributed by atoms with Crippen molar-refractivity contribution in [2.24, 2.45) is 0 Å². The number of rotatable bonds is 4. The highest BCUT2D eigenvalue weighted by Crippen LogP contribution is 2.45. The van der Waals surface area contributed by atoms with Crippen molar-refractivity contribution in [3.8, 4) is 34.1 Å². The van der Waals surface area contributed by atoms with Gasteiger partial charge in [-0.2, -0.15) is 0 Å². The molecule has 3 nitrogen and oxygen atoms in total. The van der Waals surface area contributed by atoms with E-state index in [1.165, 1.54) is 27.4 Å². The lowest BCUT2D eigenvalue weighted by atomic mass is 9.33. The monoisotopic (exact) mass is 613 g/mol. The van der Waals surface area contributed by atoms with Crippen molar-refractivity contribution in [3.05, 3.63) is 170 Å². The SMILES string of the molecule is c1ccc(-c2cc3c(c4ccccc24)B2c4c(cccc4Oc4cc(N(c5ccccc5)c5ccccc5)c5ccccc5c42)O3)cc1. The summed E-state index contributed by atoms with van der Waals surface area (Å²) in [7, 11) is 0. The van der Waals surface area contributed by atoms with Gasteiger partial charge in [-0.25, -0.2) is 0 Å². The zero-order valence-electron chi connectivity index (χ0n) is 26.0. The fourth-order valence-electron chi connectivity index (χ4n) is 7.77. The van der Waals surface area contributed by atoms with E-state index in [1.54, 1.807) is 0 Å². The highest BCUT2D eigenvalue weighted by Gasteiger charge is 2.43. The number of ether oxygens (including phenoxy) is 2. The molecule has 0 saturated heterocycles. The lowest BCUT2D eigenvalue weighted by molar-refractivity contribution is 0.465. The van der Waals surface area contributed by atoms with Crippen molar-refractivity contribution in [2.75, 3.05) is 4.90 Å². The first-order valence-electron chi connectivity index (χ1n) is 16.4. The summed E-state index contributed by atoms with van der Waals surface area (Å²) >= 11 is 0. The van der Waals surface area contributed by atoms with E-state index in [1.807, 2.05) is 6.07 Å². The predicted octanol–water partition coefficient (Wildman–Crippen LogP) is 9.86. The molecule has 224 valence electrons. The zero-order chi connectivity index (χ0) is 31.6. The van der Waals surface area contributed by atoms with Crippen molar-refractivity contribution < 1.29 is 9.47 Å². The summed E-state index contributed by atoms with van der Waals surface area (Å²) in [6.45, 7) is -0.0840. The summed E-state index contributed by atoms with van der Waals surface area (Å²) in [5.74, 6) is 3.42. The Kier molecular flexibility index (Phi) is 5.97. The van der Waals surface area contributed by atoms with E-state index in [0.717, 1.165) is 61.8 Å². The highest BCUT2D eigenvalue weighted by molar-refractivity contribution is 7.01. The van der Waals surface area contributed by atoms with Gasteiger partial charge in [0.25, 0.3) is 6.71 Å². The van der Waals surface area contributed by atoms with Crippen molar-refractivity contribution in [2.45, 2.75) is 0 Å². The molecule has 0 amide bonds. The van der Waals surface area contributed by atoms with Gasteiger partial charge in [-0.3, -0.25) is 0 Å². The topological polar surface area (TPSA) is 21.7 Å². The third-order valence-electron chi connectivity index (χ3n) is 9.76. The maximum atomic E-state index is 6.91. The summed E-state index contributed by atoms with van der Waals surface area (Å²) in [4.78, 5) is 2.33. The summed E-state index contributed by atoms with van der Waals surface area (Å²) < 4.78 is 13.7. The van der Waals surface area contributed by atoms with Crippen LogP contribution in [0.4, 0.5) is 17.1 Å². The Bertz CT molecular complexity index is 2480. The van der Waals surface area contributed by atoms with Crippen LogP contribution in [0, 0.1) is 0 Å². The fraction of sp³-hybridized carbons (Fsp3) is 0. The average Bonchev–Trinajstić information content (AvgIpc) is 3.15. The first-order valence-corrected chi connectivity index (χ1v) is 16.4. The molecule has 4 heteroatoms. The van der Waals surface area contributed by atoms with Gasteiger partial charge in [0, 0.05) is 28.3 Å². The maximum absolute atomic E-state index is 6.91. The number of nitrogens with zero attached hydrogens (tertiary/aromatic N) is 1. The molecule has 0 aromatic heterocycles. The smallest absolute Gasteiger partial charge is 0.262 e. The second-order valence-corrected chi connectivity index (χ2v) is 12.4. The van der Waals surface area contributed by atoms with E-state index in [-0.39, 0.29) is 6.71 Å². The van der Waals surface area contributed by atoms with Crippen LogP contribution in [0.5, 0.6) is 23.0 Å². The van der Waals surface area contributed by atoms with E-state index in [9.17, 15) is 0 Å². The Hall–Kier alpha value is -6.26. The summed E-state index contributed by atoms with van der Waals surface area (Å²) in [6.07, 6.45) is 0. The molecule has 0 atom stereocenters. The lowest BCUT2D eigenvalue weighted by Gasteiger charge is -2.36. The third-order valence-corrected chi connectivity index (χ3v) is 9.76. The molecular formula is C44H28BNO2. The lowest BCUT2D eigenvalue weighted by Crippen LogP contribution is -2.58. The van der Waals surface area contributed by atoms with Crippen LogP contribution in [0.25, 0.3) is 32.7 Å². The summed E-state index contributed by atoms with van der Waals surface area (Å²) in [5, 5.41) is 4.72. The maximum Gasteiger partial charge on any atom is 0.262 e. The van der Waals surface area contributed by atoms with Gasteiger partial charge in [0.2, 0.25) is 0 Å². The number of hydrogen-bond acceptors (Lipinski definition) is 3. The second kappa shape index (κ2) is 10.6. The van der Waals surface area contributed by atoms with Crippen molar-refractivity contribution in [1.82, 2.24) is 0 Å². The molecule has 0 aliphatic carbocycles. The molecule has 0 fully saturated rings. The molecule has 0 N–H and O–H groups in total. The van der Waals surface area contributed by atoms with E-state index >= 15 is 0 Å². The number of para-hydroxylation sites is 2. The molecule has 48 heavy (non-hydrogen) atoms. The summed E-state index contributed by atoms with van der Waals surface area (Å²) in [5.41, 5.74) is 9.00. The van der Waals surface area contributed by atoms with Gasteiger partial charge in [0.15, 0.2) is 0 Å². The van der Waals surface area contributed by atoms with Crippen LogP contribution in [0.3, 0.4) is 0 Å². The van der Waals surface area contributed by atoms with Crippen molar-refractivity contribution >= 4 is 61.7 Å². The van der Waals surface area contributed by atoms with Crippen LogP contribution in [0.2, 0.25) is 0 Å². The Morgan fingerprint density at radius 1 is 0.375 bits per heavy atom. The van der Waals surface area contributed by atoms with Gasteiger partial charge in [-0.05, 0) is 80.7 Å². The molecule has 2 heterocycles. The van der Waals surface area contributed by atoms with E-state index in [0.29, 0.717) is 0 Å². The predicted molar refractivity (Wildman–Crippen MR) is 199 cm³/mol. The summed E-state index contributed by atoms with van der Waals surface area (Å²) in [6, 6.07) is 59.9. The Morgan fingerprint density at radius 3 is 1.46 bits per heavy atom. The van der Waals surface area contributed by atoms with Gasteiger partial charge in [0.1, 0.15) is 23.0 Å². The average molecular weight is 614 g/mol. The van der Waals surface area contributed by atoms with Gasteiger partial charge in [-0.1, -0.05) is 121 Å². The van der Waals surface area contributed by atoms with E-state index < -0.39 is 0 Å². The van der Waals surface area contributed by atoms with Crippen LogP contribution < -0.4 is 30.8 Å². The highest BCUT2D eigenvalue weighted by atomic mass is 16.5. The van der Waals surface area contributed by atoms with Gasteiger partial charge in [-0.15, -0.1) is 0 Å². The Labute approximate surface area is 279 Å².